The number of rotatable bonds is 4. The first-order valence-corrected chi connectivity index (χ1v) is 9.13. The lowest BCUT2D eigenvalue weighted by Crippen LogP contribution is -2.19. The van der Waals surface area contributed by atoms with Crippen LogP contribution < -0.4 is 10.6 Å². The molecule has 4 aromatic rings. The summed E-state index contributed by atoms with van der Waals surface area (Å²) < 4.78 is 40.1. The van der Waals surface area contributed by atoms with Crippen LogP contribution in [0.4, 0.5) is 29.3 Å². The molecule has 1 heterocycles. The van der Waals surface area contributed by atoms with Gasteiger partial charge in [0.15, 0.2) is 0 Å². The molecule has 0 aliphatic rings. The van der Waals surface area contributed by atoms with Crippen LogP contribution in [0.2, 0.25) is 0 Å². The van der Waals surface area contributed by atoms with Gasteiger partial charge in [-0.05, 0) is 34.5 Å². The smallest absolute Gasteiger partial charge is 0.308 e. The van der Waals surface area contributed by atoms with E-state index in [1.165, 1.54) is 18.3 Å². The van der Waals surface area contributed by atoms with Gasteiger partial charge in [-0.2, -0.15) is 18.3 Å². The first-order valence-electron chi connectivity index (χ1n) is 9.13. The zero-order valence-electron chi connectivity index (χ0n) is 15.6. The minimum atomic E-state index is -4.48. The fraction of sp³-hybridized carbons (Fsp3) is 0.0909. The number of hydrogen-bond acceptors (Lipinski definition) is 2. The maximum Gasteiger partial charge on any atom is 0.416 e. The minimum Gasteiger partial charge on any atom is -0.308 e. The van der Waals surface area contributed by atoms with E-state index in [0.717, 1.165) is 28.5 Å². The minimum absolute atomic E-state index is 0.0467. The zero-order valence-corrected chi connectivity index (χ0v) is 15.6. The number of fused-ring (bicyclic) bond motifs is 1. The van der Waals surface area contributed by atoms with E-state index < -0.39 is 17.8 Å². The predicted molar refractivity (Wildman–Crippen MR) is 109 cm³/mol. The molecule has 0 aliphatic carbocycles. The summed E-state index contributed by atoms with van der Waals surface area (Å²) in [6, 6.07) is 17.8. The van der Waals surface area contributed by atoms with Crippen molar-refractivity contribution in [3.05, 3.63) is 90.3 Å². The number of halogens is 3. The molecule has 0 radical (unpaired) electrons. The fourth-order valence-corrected chi connectivity index (χ4v) is 3.19. The molecule has 5 nitrogen and oxygen atoms in total. The summed E-state index contributed by atoms with van der Waals surface area (Å²) in [7, 11) is 0. The van der Waals surface area contributed by atoms with Gasteiger partial charge in [0.25, 0.3) is 0 Å². The van der Waals surface area contributed by atoms with Crippen LogP contribution in [-0.2, 0) is 12.7 Å². The predicted octanol–water partition coefficient (Wildman–Crippen LogP) is 5.75. The van der Waals surface area contributed by atoms with Crippen LogP contribution in [-0.4, -0.2) is 15.8 Å². The molecule has 0 saturated carbocycles. The second-order valence-electron chi connectivity index (χ2n) is 6.72. The largest absolute Gasteiger partial charge is 0.416 e. The van der Waals surface area contributed by atoms with Crippen molar-refractivity contribution >= 4 is 28.2 Å². The van der Waals surface area contributed by atoms with E-state index >= 15 is 0 Å². The topological polar surface area (TPSA) is 59.0 Å². The standard InChI is InChI=1S/C22H17F3N4O/c23-22(24,25)17-8-4-9-18(11-17)27-21(30)28-19-12-26-29(14-19)13-16-7-3-6-15-5-1-2-10-20(15)16/h1-12,14H,13H2,(H2,27,28,30). The summed E-state index contributed by atoms with van der Waals surface area (Å²) in [5.41, 5.74) is 0.726. The van der Waals surface area contributed by atoms with Crippen LogP contribution in [0.25, 0.3) is 10.8 Å². The van der Waals surface area contributed by atoms with Crippen molar-refractivity contribution in [3.8, 4) is 0 Å². The molecule has 0 saturated heterocycles. The van der Waals surface area contributed by atoms with Gasteiger partial charge in [0.05, 0.1) is 24.0 Å². The molecule has 0 aliphatic heterocycles. The number of carbonyl (C=O) groups excluding carboxylic acids is 1. The van der Waals surface area contributed by atoms with Gasteiger partial charge in [-0.1, -0.05) is 48.5 Å². The molecule has 2 N–H and O–H groups in total. The maximum absolute atomic E-state index is 12.8. The second-order valence-corrected chi connectivity index (χ2v) is 6.72. The van der Waals surface area contributed by atoms with E-state index in [1.54, 1.807) is 10.9 Å². The van der Waals surface area contributed by atoms with Crippen molar-refractivity contribution in [3.63, 3.8) is 0 Å². The summed E-state index contributed by atoms with van der Waals surface area (Å²) in [5.74, 6) is 0. The third kappa shape index (κ3) is 4.43. The molecule has 0 bridgehead atoms. The van der Waals surface area contributed by atoms with Crippen molar-refractivity contribution in [2.75, 3.05) is 10.6 Å². The molecule has 0 atom stereocenters. The number of anilines is 2. The average Bonchev–Trinajstić information content (AvgIpc) is 3.14. The van der Waals surface area contributed by atoms with Gasteiger partial charge < -0.3 is 10.6 Å². The molecule has 0 fully saturated rings. The van der Waals surface area contributed by atoms with E-state index in [9.17, 15) is 18.0 Å². The van der Waals surface area contributed by atoms with Crippen LogP contribution in [0, 0.1) is 0 Å². The number of nitrogens with zero attached hydrogens (tertiary/aromatic N) is 2. The van der Waals surface area contributed by atoms with Crippen molar-refractivity contribution in [1.29, 1.82) is 0 Å². The van der Waals surface area contributed by atoms with Gasteiger partial charge in [-0.15, -0.1) is 0 Å². The third-order valence-corrected chi connectivity index (χ3v) is 4.55. The van der Waals surface area contributed by atoms with Crippen molar-refractivity contribution in [2.45, 2.75) is 12.7 Å². The highest BCUT2D eigenvalue weighted by Crippen LogP contribution is 2.30. The Morgan fingerprint density at radius 3 is 2.50 bits per heavy atom. The number of alkyl halides is 3. The maximum atomic E-state index is 12.8. The number of carbonyl (C=O) groups is 1. The first-order chi connectivity index (χ1) is 14.4. The molecule has 2 amide bonds. The summed E-state index contributed by atoms with van der Waals surface area (Å²) in [6.45, 7) is 0.512. The Kier molecular flexibility index (Phi) is 5.14. The average molecular weight is 410 g/mol. The highest BCUT2D eigenvalue weighted by molar-refractivity contribution is 5.99. The Hall–Kier alpha value is -3.81. The number of amides is 2. The van der Waals surface area contributed by atoms with Gasteiger partial charge in [-0.3, -0.25) is 4.68 Å². The number of urea groups is 1. The molecule has 0 unspecified atom stereocenters. The number of hydrogen-bond donors (Lipinski definition) is 2. The van der Waals surface area contributed by atoms with Crippen LogP contribution >= 0.6 is 0 Å². The Balaban J connectivity index is 1.43. The molecular weight excluding hydrogens is 393 g/mol. The Labute approximate surface area is 170 Å². The lowest BCUT2D eigenvalue weighted by Gasteiger charge is -2.10. The number of aromatic nitrogens is 2. The van der Waals surface area contributed by atoms with E-state index in [-0.39, 0.29) is 5.69 Å². The summed E-state index contributed by atoms with van der Waals surface area (Å²) >= 11 is 0. The van der Waals surface area contributed by atoms with Crippen LogP contribution in [0.15, 0.2) is 79.1 Å². The molecular formula is C22H17F3N4O. The van der Waals surface area contributed by atoms with E-state index in [4.69, 9.17) is 0 Å². The highest BCUT2D eigenvalue weighted by atomic mass is 19.4. The Morgan fingerprint density at radius 1 is 0.933 bits per heavy atom. The number of benzene rings is 3. The Morgan fingerprint density at radius 2 is 1.67 bits per heavy atom. The lowest BCUT2D eigenvalue weighted by molar-refractivity contribution is -0.137. The highest BCUT2D eigenvalue weighted by Gasteiger charge is 2.30. The van der Waals surface area contributed by atoms with Gasteiger partial charge in [-0.25, -0.2) is 4.79 Å². The van der Waals surface area contributed by atoms with Gasteiger partial charge in [0.2, 0.25) is 0 Å². The molecule has 152 valence electrons. The van der Waals surface area contributed by atoms with E-state index in [0.29, 0.717) is 12.2 Å². The normalized spacial score (nSPS) is 11.4. The molecule has 4 rings (SSSR count). The van der Waals surface area contributed by atoms with Gasteiger partial charge in [0, 0.05) is 11.9 Å². The van der Waals surface area contributed by atoms with Crippen LogP contribution in [0.1, 0.15) is 11.1 Å². The first kappa shape index (κ1) is 19.5. The lowest BCUT2D eigenvalue weighted by atomic mass is 10.0. The van der Waals surface area contributed by atoms with Crippen LogP contribution in [0.5, 0.6) is 0 Å². The van der Waals surface area contributed by atoms with Gasteiger partial charge >= 0.3 is 12.2 Å². The summed E-state index contributed by atoms with van der Waals surface area (Å²) in [4.78, 5) is 12.1. The zero-order chi connectivity index (χ0) is 21.1. The van der Waals surface area contributed by atoms with Gasteiger partial charge in [0.1, 0.15) is 0 Å². The molecule has 30 heavy (non-hydrogen) atoms. The van der Waals surface area contributed by atoms with Crippen LogP contribution in [0.3, 0.4) is 0 Å². The fourth-order valence-electron chi connectivity index (χ4n) is 3.19. The Bertz CT molecular complexity index is 1190. The van der Waals surface area contributed by atoms with Crippen molar-refractivity contribution in [2.24, 2.45) is 0 Å². The summed E-state index contributed by atoms with van der Waals surface area (Å²) in [6.07, 6.45) is -1.33. The molecule has 8 heteroatoms. The van der Waals surface area contributed by atoms with Crippen molar-refractivity contribution in [1.82, 2.24) is 9.78 Å². The molecule has 0 spiro atoms. The SMILES string of the molecule is O=C(Nc1cccc(C(F)(F)F)c1)Nc1cnn(Cc2cccc3ccccc23)c1. The second kappa shape index (κ2) is 7.90. The number of nitrogens with one attached hydrogen (secondary N) is 2. The molecule has 3 aromatic carbocycles. The van der Waals surface area contributed by atoms with E-state index in [1.807, 2.05) is 42.5 Å². The summed E-state index contributed by atoms with van der Waals surface area (Å²) in [5, 5.41) is 11.5. The third-order valence-electron chi connectivity index (χ3n) is 4.55. The van der Waals surface area contributed by atoms with Crippen molar-refractivity contribution < 1.29 is 18.0 Å². The quantitative estimate of drug-likeness (QED) is 0.450. The van der Waals surface area contributed by atoms with E-state index in [2.05, 4.69) is 15.7 Å². The molecule has 1 aromatic heterocycles. The monoisotopic (exact) mass is 410 g/mol.